The number of hydrogen-bond acceptors (Lipinski definition) is 6. The molecule has 1 aromatic carbocycles. The number of carbonyl (C=O) groups excluding carboxylic acids is 1. The Balaban J connectivity index is 1.56. The number of pyridine rings is 1. The SMILES string of the molecule is O=C(N1CCOCC1)N(Cc1ccc(-c2nnc(C(F)(F)F)o2)cn1)c1cccc(F)c1. The fourth-order valence-corrected chi connectivity index (χ4v) is 3.10. The van der Waals surface area contributed by atoms with E-state index in [0.29, 0.717) is 37.7 Å². The molecule has 1 fully saturated rings. The van der Waals surface area contributed by atoms with Crippen molar-refractivity contribution in [3.05, 3.63) is 60.0 Å². The van der Waals surface area contributed by atoms with Gasteiger partial charge in [0.15, 0.2) is 0 Å². The maximum absolute atomic E-state index is 13.8. The molecule has 0 aliphatic carbocycles. The number of hydrogen-bond donors (Lipinski definition) is 0. The Bertz CT molecular complexity index is 1080. The van der Waals surface area contributed by atoms with E-state index in [1.165, 1.54) is 41.4 Å². The second-order valence-corrected chi connectivity index (χ2v) is 6.90. The van der Waals surface area contributed by atoms with Crippen LogP contribution in [0.15, 0.2) is 47.0 Å². The molecule has 32 heavy (non-hydrogen) atoms. The fourth-order valence-electron chi connectivity index (χ4n) is 3.10. The number of morpholine rings is 1. The van der Waals surface area contributed by atoms with Crippen LogP contribution in [0.2, 0.25) is 0 Å². The van der Waals surface area contributed by atoms with Crippen molar-refractivity contribution in [1.29, 1.82) is 0 Å². The van der Waals surface area contributed by atoms with Crippen LogP contribution in [-0.2, 0) is 17.5 Å². The summed E-state index contributed by atoms with van der Waals surface area (Å²) in [5, 5.41) is 6.37. The number of nitrogens with zero attached hydrogens (tertiary/aromatic N) is 5. The van der Waals surface area contributed by atoms with Gasteiger partial charge < -0.3 is 14.1 Å². The molecule has 0 N–H and O–H groups in total. The minimum atomic E-state index is -4.75. The van der Waals surface area contributed by atoms with Gasteiger partial charge in [0.2, 0.25) is 5.89 Å². The highest BCUT2D eigenvalue weighted by Gasteiger charge is 2.38. The van der Waals surface area contributed by atoms with Crippen LogP contribution in [0.4, 0.5) is 28.0 Å². The van der Waals surface area contributed by atoms with E-state index in [9.17, 15) is 22.4 Å². The number of anilines is 1. The van der Waals surface area contributed by atoms with Gasteiger partial charge in [0, 0.05) is 25.0 Å². The molecule has 0 atom stereocenters. The molecule has 1 aliphatic heterocycles. The molecular weight excluding hydrogens is 434 g/mol. The summed E-state index contributed by atoms with van der Waals surface area (Å²) < 4.78 is 61.7. The smallest absolute Gasteiger partial charge is 0.413 e. The van der Waals surface area contributed by atoms with Gasteiger partial charge in [-0.2, -0.15) is 13.2 Å². The lowest BCUT2D eigenvalue weighted by Gasteiger charge is -2.33. The summed E-state index contributed by atoms with van der Waals surface area (Å²) in [7, 11) is 0. The van der Waals surface area contributed by atoms with E-state index in [1.807, 2.05) is 0 Å². The Morgan fingerprint density at radius 2 is 1.91 bits per heavy atom. The topological polar surface area (TPSA) is 84.6 Å². The zero-order valence-corrected chi connectivity index (χ0v) is 16.5. The fraction of sp³-hybridized carbons (Fsp3) is 0.300. The third-order valence-electron chi connectivity index (χ3n) is 4.69. The Labute approximate surface area is 179 Å². The summed E-state index contributed by atoms with van der Waals surface area (Å²) in [4.78, 5) is 20.3. The highest BCUT2D eigenvalue weighted by Crippen LogP contribution is 2.30. The number of rotatable bonds is 4. The summed E-state index contributed by atoms with van der Waals surface area (Å²) in [6.45, 7) is 1.61. The predicted octanol–water partition coefficient (Wildman–Crippen LogP) is 3.75. The van der Waals surface area contributed by atoms with Gasteiger partial charge in [-0.3, -0.25) is 9.88 Å². The first-order valence-corrected chi connectivity index (χ1v) is 9.57. The first-order valence-electron chi connectivity index (χ1n) is 9.57. The van der Waals surface area contributed by atoms with Crippen molar-refractivity contribution >= 4 is 11.7 Å². The molecule has 0 radical (unpaired) electrons. The van der Waals surface area contributed by atoms with Crippen molar-refractivity contribution in [2.24, 2.45) is 0 Å². The van der Waals surface area contributed by atoms with E-state index in [0.717, 1.165) is 0 Å². The third-order valence-corrected chi connectivity index (χ3v) is 4.69. The maximum atomic E-state index is 13.8. The van der Waals surface area contributed by atoms with Gasteiger partial charge in [0.05, 0.1) is 31.0 Å². The Hall–Kier alpha value is -3.54. The van der Waals surface area contributed by atoms with Crippen LogP contribution < -0.4 is 4.90 Å². The summed E-state index contributed by atoms with van der Waals surface area (Å²) in [5.74, 6) is -2.28. The maximum Gasteiger partial charge on any atom is 0.470 e. The summed E-state index contributed by atoms with van der Waals surface area (Å²) in [5.41, 5.74) is 0.961. The lowest BCUT2D eigenvalue weighted by Crippen LogP contribution is -2.48. The van der Waals surface area contributed by atoms with Crippen LogP contribution in [0.25, 0.3) is 11.5 Å². The molecule has 0 saturated carbocycles. The molecule has 3 aromatic rings. The minimum Gasteiger partial charge on any atom is -0.413 e. The van der Waals surface area contributed by atoms with Crippen molar-refractivity contribution < 1.29 is 31.5 Å². The van der Waals surface area contributed by atoms with Crippen LogP contribution in [0.5, 0.6) is 0 Å². The lowest BCUT2D eigenvalue weighted by atomic mass is 10.2. The van der Waals surface area contributed by atoms with Crippen LogP contribution in [0.1, 0.15) is 11.6 Å². The van der Waals surface area contributed by atoms with E-state index < -0.39 is 17.9 Å². The molecular formula is C20H17F4N5O3. The van der Waals surface area contributed by atoms with Crippen LogP contribution in [-0.4, -0.2) is 52.4 Å². The van der Waals surface area contributed by atoms with Crippen molar-refractivity contribution in [2.45, 2.75) is 12.7 Å². The molecule has 1 saturated heterocycles. The zero-order chi connectivity index (χ0) is 22.7. The Kier molecular flexibility index (Phi) is 6.04. The largest absolute Gasteiger partial charge is 0.470 e. The number of urea groups is 1. The van der Waals surface area contributed by atoms with E-state index in [2.05, 4.69) is 19.6 Å². The molecule has 2 amide bonds. The van der Waals surface area contributed by atoms with Gasteiger partial charge in [0.1, 0.15) is 5.82 Å². The third kappa shape index (κ3) is 4.85. The number of halogens is 4. The van der Waals surface area contributed by atoms with Gasteiger partial charge in [-0.05, 0) is 30.3 Å². The van der Waals surface area contributed by atoms with Crippen molar-refractivity contribution in [3.63, 3.8) is 0 Å². The molecule has 12 heteroatoms. The molecule has 0 unspecified atom stereocenters. The molecule has 2 aromatic heterocycles. The Morgan fingerprint density at radius 1 is 1.12 bits per heavy atom. The number of carbonyl (C=O) groups is 1. The van der Waals surface area contributed by atoms with Gasteiger partial charge in [-0.1, -0.05) is 6.07 Å². The molecule has 0 bridgehead atoms. The zero-order valence-electron chi connectivity index (χ0n) is 16.5. The van der Waals surface area contributed by atoms with E-state index in [1.54, 1.807) is 11.0 Å². The summed E-state index contributed by atoms with van der Waals surface area (Å²) in [6.07, 6.45) is -3.48. The highest BCUT2D eigenvalue weighted by atomic mass is 19.4. The molecule has 0 spiro atoms. The normalized spacial score (nSPS) is 14.4. The number of benzene rings is 1. The van der Waals surface area contributed by atoms with Gasteiger partial charge >= 0.3 is 18.1 Å². The van der Waals surface area contributed by atoms with Gasteiger partial charge in [-0.15, -0.1) is 10.2 Å². The molecule has 168 valence electrons. The van der Waals surface area contributed by atoms with Crippen LogP contribution in [0, 0.1) is 5.82 Å². The minimum absolute atomic E-state index is 0.0115. The van der Waals surface area contributed by atoms with Crippen molar-refractivity contribution in [1.82, 2.24) is 20.1 Å². The molecule has 8 nitrogen and oxygen atoms in total. The van der Waals surface area contributed by atoms with Crippen molar-refractivity contribution in [3.8, 4) is 11.5 Å². The quantitative estimate of drug-likeness (QED) is 0.562. The number of amides is 2. The lowest BCUT2D eigenvalue weighted by molar-refractivity contribution is -0.156. The van der Waals surface area contributed by atoms with Gasteiger partial charge in [-0.25, -0.2) is 9.18 Å². The van der Waals surface area contributed by atoms with Crippen molar-refractivity contribution in [2.75, 3.05) is 31.2 Å². The first kappa shape index (κ1) is 21.7. The van der Waals surface area contributed by atoms with E-state index in [-0.39, 0.29) is 24.0 Å². The van der Waals surface area contributed by atoms with E-state index in [4.69, 9.17) is 4.74 Å². The number of ether oxygens (including phenoxy) is 1. The average Bonchev–Trinajstić information content (AvgIpc) is 3.29. The summed E-state index contributed by atoms with van der Waals surface area (Å²) >= 11 is 0. The monoisotopic (exact) mass is 451 g/mol. The number of alkyl halides is 3. The van der Waals surface area contributed by atoms with Gasteiger partial charge in [0.25, 0.3) is 0 Å². The molecule has 4 rings (SSSR count). The summed E-state index contributed by atoms with van der Waals surface area (Å²) in [6, 6.07) is 8.25. The molecule has 1 aliphatic rings. The predicted molar refractivity (Wildman–Crippen MR) is 103 cm³/mol. The second-order valence-electron chi connectivity index (χ2n) is 6.90. The first-order chi connectivity index (χ1) is 15.3. The second kappa shape index (κ2) is 8.91. The molecule has 3 heterocycles. The van der Waals surface area contributed by atoms with Crippen LogP contribution >= 0.6 is 0 Å². The average molecular weight is 451 g/mol. The standard InChI is InChI=1S/C20H17F4N5O3/c21-14-2-1-3-16(10-14)29(19(30)28-6-8-31-9-7-28)12-15-5-4-13(11-25-15)17-26-27-18(32-17)20(22,23)24/h1-5,10-11H,6-9,12H2. The van der Waals surface area contributed by atoms with Crippen LogP contribution in [0.3, 0.4) is 0 Å². The number of aromatic nitrogens is 3. The van der Waals surface area contributed by atoms with E-state index >= 15 is 0 Å². The highest BCUT2D eigenvalue weighted by molar-refractivity contribution is 5.92. The Morgan fingerprint density at radius 3 is 2.53 bits per heavy atom.